The number of rotatable bonds is 5. The maximum atomic E-state index is 12.5. The molecule has 1 heterocycles. The highest BCUT2D eigenvalue weighted by atomic mass is 32.2. The van der Waals surface area contributed by atoms with E-state index in [-0.39, 0.29) is 11.7 Å². The Balaban J connectivity index is 1.81. The monoisotopic (exact) mass is 360 g/mol. The van der Waals surface area contributed by atoms with E-state index >= 15 is 0 Å². The van der Waals surface area contributed by atoms with E-state index in [4.69, 9.17) is 4.74 Å². The lowest BCUT2D eigenvalue weighted by Crippen LogP contribution is -2.31. The van der Waals surface area contributed by atoms with Gasteiger partial charge in [0.15, 0.2) is 0 Å². The van der Waals surface area contributed by atoms with Crippen molar-refractivity contribution >= 4 is 27.3 Å². The Kier molecular flexibility index (Phi) is 4.67. The molecule has 0 spiro atoms. The second-order valence-electron chi connectivity index (χ2n) is 5.97. The zero-order valence-corrected chi connectivity index (χ0v) is 15.0. The predicted molar refractivity (Wildman–Crippen MR) is 97.4 cm³/mol. The van der Waals surface area contributed by atoms with Gasteiger partial charge in [-0.15, -0.1) is 0 Å². The van der Waals surface area contributed by atoms with Crippen LogP contribution >= 0.6 is 0 Å². The number of sulfonamides is 1. The molecule has 1 amide bonds. The summed E-state index contributed by atoms with van der Waals surface area (Å²) < 4.78 is 32.8. The second-order valence-corrected chi connectivity index (χ2v) is 7.69. The van der Waals surface area contributed by atoms with Crippen LogP contribution in [0.4, 0.5) is 11.4 Å². The van der Waals surface area contributed by atoms with Crippen molar-refractivity contribution < 1.29 is 17.9 Å². The summed E-state index contributed by atoms with van der Waals surface area (Å²) in [6, 6.07) is 12.3. The third kappa shape index (κ3) is 3.76. The molecule has 0 fully saturated rings. The zero-order chi connectivity index (χ0) is 18.0. The van der Waals surface area contributed by atoms with Gasteiger partial charge in [0, 0.05) is 30.4 Å². The van der Waals surface area contributed by atoms with Gasteiger partial charge in [0.25, 0.3) is 0 Å². The third-order valence-electron chi connectivity index (χ3n) is 4.23. The molecule has 0 saturated heterocycles. The first-order valence-corrected chi connectivity index (χ1v) is 9.57. The molecule has 7 heteroatoms. The van der Waals surface area contributed by atoms with Crippen LogP contribution in [-0.2, 0) is 27.0 Å². The van der Waals surface area contributed by atoms with Crippen molar-refractivity contribution in [2.45, 2.75) is 18.6 Å². The molecule has 1 aliphatic rings. The fourth-order valence-electron chi connectivity index (χ4n) is 2.96. The number of fused-ring (bicyclic) bond motifs is 1. The van der Waals surface area contributed by atoms with E-state index < -0.39 is 10.0 Å². The molecule has 25 heavy (non-hydrogen) atoms. The number of nitrogens with one attached hydrogen (secondary N) is 1. The van der Waals surface area contributed by atoms with Gasteiger partial charge in [0.2, 0.25) is 15.9 Å². The van der Waals surface area contributed by atoms with Crippen molar-refractivity contribution in [2.24, 2.45) is 0 Å². The fraction of sp³-hybridized carbons (Fsp3) is 0.278. The van der Waals surface area contributed by atoms with Crippen molar-refractivity contribution in [1.82, 2.24) is 0 Å². The molecule has 0 bridgehead atoms. The van der Waals surface area contributed by atoms with E-state index in [2.05, 4.69) is 4.72 Å². The minimum atomic E-state index is -3.58. The van der Waals surface area contributed by atoms with Crippen LogP contribution < -0.4 is 14.4 Å². The summed E-state index contributed by atoms with van der Waals surface area (Å²) in [6.45, 7) is 0. The van der Waals surface area contributed by atoms with Gasteiger partial charge >= 0.3 is 0 Å². The Labute approximate surface area is 147 Å². The highest BCUT2D eigenvalue weighted by Crippen LogP contribution is 2.30. The predicted octanol–water partition coefficient (Wildman–Crippen LogP) is 2.55. The van der Waals surface area contributed by atoms with E-state index in [1.807, 2.05) is 0 Å². The van der Waals surface area contributed by atoms with E-state index in [1.165, 1.54) is 7.11 Å². The van der Waals surface area contributed by atoms with Crippen LogP contribution in [0.15, 0.2) is 42.5 Å². The first kappa shape index (κ1) is 17.3. The lowest BCUT2D eigenvalue weighted by Gasteiger charge is -2.26. The molecule has 0 aliphatic carbocycles. The number of amides is 1. The highest BCUT2D eigenvalue weighted by Gasteiger charge is 2.22. The van der Waals surface area contributed by atoms with Crippen LogP contribution in [0.1, 0.15) is 17.5 Å². The maximum Gasteiger partial charge on any atom is 0.237 e. The summed E-state index contributed by atoms with van der Waals surface area (Å²) in [6.07, 6.45) is 1.04. The number of carbonyl (C=O) groups is 1. The lowest BCUT2D eigenvalue weighted by molar-refractivity contribution is -0.118. The van der Waals surface area contributed by atoms with Crippen LogP contribution in [0.2, 0.25) is 0 Å². The fourth-order valence-corrected chi connectivity index (χ4v) is 4.17. The first-order valence-electron chi connectivity index (χ1n) is 7.91. The second kappa shape index (κ2) is 6.76. The molecular weight excluding hydrogens is 340 g/mol. The number of methoxy groups -OCH3 is 1. The van der Waals surface area contributed by atoms with Crippen LogP contribution in [0.3, 0.4) is 0 Å². The van der Waals surface area contributed by atoms with Gasteiger partial charge in [-0.25, -0.2) is 8.42 Å². The average molecular weight is 360 g/mol. The van der Waals surface area contributed by atoms with Gasteiger partial charge in [-0.1, -0.05) is 18.2 Å². The van der Waals surface area contributed by atoms with E-state index in [1.54, 1.807) is 54.4 Å². The van der Waals surface area contributed by atoms with Crippen LogP contribution in [0.25, 0.3) is 0 Å². The van der Waals surface area contributed by atoms with Crippen LogP contribution in [0.5, 0.6) is 5.75 Å². The Hall–Kier alpha value is -2.54. The van der Waals surface area contributed by atoms with Gasteiger partial charge in [-0.3, -0.25) is 9.52 Å². The molecule has 2 aromatic rings. The lowest BCUT2D eigenvalue weighted by atomic mass is 10.0. The summed E-state index contributed by atoms with van der Waals surface area (Å²) in [5.74, 6) is 0.433. The molecule has 2 aromatic carbocycles. The molecule has 0 saturated carbocycles. The molecule has 132 valence electrons. The minimum Gasteiger partial charge on any atom is -0.496 e. The third-order valence-corrected chi connectivity index (χ3v) is 5.47. The van der Waals surface area contributed by atoms with Crippen molar-refractivity contribution in [3.8, 4) is 5.75 Å². The number of aryl methyl sites for hydroxylation is 1. The number of benzene rings is 2. The Morgan fingerprint density at radius 1 is 1.16 bits per heavy atom. The quantitative estimate of drug-likeness (QED) is 0.889. The highest BCUT2D eigenvalue weighted by molar-refractivity contribution is 7.91. The Bertz CT molecular complexity index is 909. The minimum absolute atomic E-state index is 0.0667. The number of nitrogens with zero attached hydrogens (tertiary/aromatic N) is 1. The van der Waals surface area contributed by atoms with E-state index in [0.29, 0.717) is 29.8 Å². The number of ether oxygens (including phenoxy) is 1. The van der Waals surface area contributed by atoms with Gasteiger partial charge in [-0.05, 0) is 36.2 Å². The number of hydrogen-bond donors (Lipinski definition) is 1. The van der Waals surface area contributed by atoms with Gasteiger partial charge < -0.3 is 9.64 Å². The number of para-hydroxylation sites is 1. The number of anilines is 2. The standard InChI is InChI=1S/C18H20N2O4S/c1-20-16-9-8-15(11-13(16)7-10-18(20)21)19-25(22,23)12-14-5-3-4-6-17(14)24-2/h3-6,8-9,11,19H,7,10,12H2,1-2H3. The van der Waals surface area contributed by atoms with Gasteiger partial charge in [-0.2, -0.15) is 0 Å². The van der Waals surface area contributed by atoms with Gasteiger partial charge in [0.1, 0.15) is 5.75 Å². The van der Waals surface area contributed by atoms with Gasteiger partial charge in [0.05, 0.1) is 12.9 Å². The zero-order valence-electron chi connectivity index (χ0n) is 14.2. The largest absolute Gasteiger partial charge is 0.496 e. The van der Waals surface area contributed by atoms with Crippen LogP contribution in [0, 0.1) is 0 Å². The van der Waals surface area contributed by atoms with Crippen molar-refractivity contribution in [3.05, 3.63) is 53.6 Å². The summed E-state index contributed by atoms with van der Waals surface area (Å²) in [5.41, 5.74) is 2.88. The molecule has 6 nitrogen and oxygen atoms in total. The Morgan fingerprint density at radius 3 is 2.68 bits per heavy atom. The molecule has 0 radical (unpaired) electrons. The molecule has 1 N–H and O–H groups in total. The summed E-state index contributed by atoms with van der Waals surface area (Å²) in [7, 11) is -0.340. The maximum absolute atomic E-state index is 12.5. The molecule has 0 aromatic heterocycles. The van der Waals surface area contributed by atoms with Crippen molar-refractivity contribution in [3.63, 3.8) is 0 Å². The smallest absolute Gasteiger partial charge is 0.237 e. The molecule has 3 rings (SSSR count). The first-order chi connectivity index (χ1) is 11.9. The van der Waals surface area contributed by atoms with Crippen molar-refractivity contribution in [1.29, 1.82) is 0 Å². The molecule has 0 unspecified atom stereocenters. The SMILES string of the molecule is COc1ccccc1CS(=O)(=O)Nc1ccc2c(c1)CCC(=O)N2C. The number of hydrogen-bond acceptors (Lipinski definition) is 4. The summed E-state index contributed by atoms with van der Waals surface area (Å²) >= 11 is 0. The van der Waals surface area contributed by atoms with E-state index in [9.17, 15) is 13.2 Å². The average Bonchev–Trinajstić information content (AvgIpc) is 2.58. The Morgan fingerprint density at radius 2 is 1.92 bits per heavy atom. The molecule has 0 atom stereocenters. The van der Waals surface area contributed by atoms with Crippen LogP contribution in [-0.4, -0.2) is 28.5 Å². The van der Waals surface area contributed by atoms with E-state index in [0.717, 1.165) is 11.3 Å². The summed E-state index contributed by atoms with van der Waals surface area (Å²) in [5, 5.41) is 0. The molecular formula is C18H20N2O4S. The topological polar surface area (TPSA) is 75.7 Å². The normalized spacial score (nSPS) is 14.2. The van der Waals surface area contributed by atoms with Crippen molar-refractivity contribution in [2.75, 3.05) is 23.8 Å². The summed E-state index contributed by atoms with van der Waals surface area (Å²) in [4.78, 5) is 13.3. The number of carbonyl (C=O) groups excluding carboxylic acids is 1. The molecule has 1 aliphatic heterocycles.